The zero-order valence-corrected chi connectivity index (χ0v) is 13.0. The lowest BCUT2D eigenvalue weighted by Gasteiger charge is -2.12. The van der Waals surface area contributed by atoms with Crippen molar-refractivity contribution in [3.05, 3.63) is 40.8 Å². The molecule has 0 spiro atoms. The van der Waals surface area contributed by atoms with E-state index in [1.807, 2.05) is 38.1 Å². The normalized spacial score (nSPS) is 10.9. The zero-order valence-electron chi connectivity index (χ0n) is 12.3. The number of hydrogen-bond donors (Lipinski definition) is 0. The minimum Gasteiger partial charge on any atom is -0.494 e. The highest BCUT2D eigenvalue weighted by Gasteiger charge is 2.13. The highest BCUT2D eigenvalue weighted by molar-refractivity contribution is 6.30. The molecule has 0 saturated heterocycles. The summed E-state index contributed by atoms with van der Waals surface area (Å²) in [4.78, 5) is 8.99. The molecule has 1 aromatic heterocycles. The van der Waals surface area contributed by atoms with E-state index in [0.717, 1.165) is 28.4 Å². The van der Waals surface area contributed by atoms with Crippen LogP contribution in [0.2, 0.25) is 5.15 Å². The summed E-state index contributed by atoms with van der Waals surface area (Å²) in [6.45, 7) is 8.67. The molecule has 0 aliphatic rings. The average molecular weight is 291 g/mol. The molecule has 0 radical (unpaired) electrons. The SMILES string of the molecule is CCOc1cccc(-c2nc(C(C)C)nc(Cl)c2C)c1. The lowest BCUT2D eigenvalue weighted by Crippen LogP contribution is -2.02. The van der Waals surface area contributed by atoms with Gasteiger partial charge in [-0.3, -0.25) is 0 Å². The zero-order chi connectivity index (χ0) is 14.7. The second-order valence-corrected chi connectivity index (χ2v) is 5.32. The second-order valence-electron chi connectivity index (χ2n) is 4.96. The van der Waals surface area contributed by atoms with Crippen molar-refractivity contribution in [2.75, 3.05) is 6.61 Å². The molecule has 3 nitrogen and oxygen atoms in total. The first-order valence-corrected chi connectivity index (χ1v) is 7.18. The quantitative estimate of drug-likeness (QED) is 0.770. The molecule has 1 heterocycles. The van der Waals surface area contributed by atoms with E-state index < -0.39 is 0 Å². The van der Waals surface area contributed by atoms with Crippen LogP contribution in [-0.4, -0.2) is 16.6 Å². The Hall–Kier alpha value is -1.61. The Morgan fingerprint density at radius 2 is 2.00 bits per heavy atom. The fraction of sp³-hybridized carbons (Fsp3) is 0.375. The molecule has 0 fully saturated rings. The summed E-state index contributed by atoms with van der Waals surface area (Å²) < 4.78 is 5.54. The molecule has 4 heteroatoms. The summed E-state index contributed by atoms with van der Waals surface area (Å²) in [6, 6.07) is 7.90. The second kappa shape index (κ2) is 6.23. The van der Waals surface area contributed by atoms with Gasteiger partial charge in [-0.05, 0) is 26.0 Å². The third-order valence-electron chi connectivity index (χ3n) is 3.04. The van der Waals surface area contributed by atoms with Crippen LogP contribution in [0.3, 0.4) is 0 Å². The molecule has 0 saturated carbocycles. The van der Waals surface area contributed by atoms with E-state index in [1.165, 1.54) is 0 Å². The molecule has 2 aromatic rings. The molecule has 1 aromatic carbocycles. The van der Waals surface area contributed by atoms with Gasteiger partial charge in [-0.25, -0.2) is 9.97 Å². The molecule has 0 atom stereocenters. The number of rotatable bonds is 4. The molecule has 0 amide bonds. The summed E-state index contributed by atoms with van der Waals surface area (Å²) in [5, 5.41) is 0.514. The maximum atomic E-state index is 6.23. The van der Waals surface area contributed by atoms with Crippen molar-refractivity contribution in [1.29, 1.82) is 0 Å². The number of benzene rings is 1. The predicted octanol–water partition coefficient (Wildman–Crippen LogP) is 4.63. The third kappa shape index (κ3) is 3.10. The Morgan fingerprint density at radius 3 is 2.65 bits per heavy atom. The number of ether oxygens (including phenoxy) is 1. The van der Waals surface area contributed by atoms with E-state index in [1.54, 1.807) is 0 Å². The maximum Gasteiger partial charge on any atom is 0.136 e. The Kier molecular flexibility index (Phi) is 4.61. The van der Waals surface area contributed by atoms with Crippen molar-refractivity contribution in [3.63, 3.8) is 0 Å². The van der Waals surface area contributed by atoms with Crippen LogP contribution < -0.4 is 4.74 Å². The van der Waals surface area contributed by atoms with Gasteiger partial charge in [-0.2, -0.15) is 0 Å². The largest absolute Gasteiger partial charge is 0.494 e. The molecule has 0 aliphatic carbocycles. The fourth-order valence-corrected chi connectivity index (χ4v) is 2.12. The van der Waals surface area contributed by atoms with Gasteiger partial charge in [0, 0.05) is 17.0 Å². The minimum absolute atomic E-state index is 0.238. The molecule has 0 aliphatic heterocycles. The van der Waals surface area contributed by atoms with Gasteiger partial charge in [0.2, 0.25) is 0 Å². The molecular weight excluding hydrogens is 272 g/mol. The molecule has 0 bridgehead atoms. The van der Waals surface area contributed by atoms with Crippen molar-refractivity contribution in [2.24, 2.45) is 0 Å². The fourth-order valence-electron chi connectivity index (χ4n) is 1.94. The van der Waals surface area contributed by atoms with Crippen LogP contribution in [0.5, 0.6) is 5.75 Å². The number of halogens is 1. The van der Waals surface area contributed by atoms with Gasteiger partial charge in [0.1, 0.15) is 16.7 Å². The minimum atomic E-state index is 0.238. The van der Waals surface area contributed by atoms with Crippen molar-refractivity contribution in [1.82, 2.24) is 9.97 Å². The van der Waals surface area contributed by atoms with Crippen LogP contribution in [0.1, 0.15) is 38.1 Å². The maximum absolute atomic E-state index is 6.23. The van der Waals surface area contributed by atoms with Crippen LogP contribution in [0.15, 0.2) is 24.3 Å². The van der Waals surface area contributed by atoms with E-state index in [4.69, 9.17) is 16.3 Å². The lowest BCUT2D eigenvalue weighted by atomic mass is 10.1. The Morgan fingerprint density at radius 1 is 1.25 bits per heavy atom. The van der Waals surface area contributed by atoms with Crippen LogP contribution in [0.4, 0.5) is 0 Å². The predicted molar refractivity (Wildman–Crippen MR) is 82.5 cm³/mol. The van der Waals surface area contributed by atoms with E-state index in [9.17, 15) is 0 Å². The van der Waals surface area contributed by atoms with Crippen molar-refractivity contribution in [2.45, 2.75) is 33.6 Å². The van der Waals surface area contributed by atoms with Gasteiger partial charge in [-0.15, -0.1) is 0 Å². The first-order chi connectivity index (χ1) is 9.52. The van der Waals surface area contributed by atoms with Gasteiger partial charge in [0.05, 0.1) is 12.3 Å². The monoisotopic (exact) mass is 290 g/mol. The number of hydrogen-bond acceptors (Lipinski definition) is 3. The molecular formula is C16H19ClN2O. The van der Waals surface area contributed by atoms with Gasteiger partial charge in [-0.1, -0.05) is 37.6 Å². The van der Waals surface area contributed by atoms with Crippen molar-refractivity contribution < 1.29 is 4.74 Å². The molecule has 0 N–H and O–H groups in total. The average Bonchev–Trinajstić information content (AvgIpc) is 2.42. The Labute approximate surface area is 125 Å². The number of aromatic nitrogens is 2. The summed E-state index contributed by atoms with van der Waals surface area (Å²) in [5.41, 5.74) is 2.76. The van der Waals surface area contributed by atoms with Gasteiger partial charge < -0.3 is 4.74 Å². The van der Waals surface area contributed by atoms with Crippen LogP contribution in [0.25, 0.3) is 11.3 Å². The summed E-state index contributed by atoms with van der Waals surface area (Å²) in [6.07, 6.45) is 0. The first-order valence-electron chi connectivity index (χ1n) is 6.80. The van der Waals surface area contributed by atoms with Crippen LogP contribution in [0, 0.1) is 6.92 Å². The Balaban J connectivity index is 2.53. The Bertz CT molecular complexity index is 611. The van der Waals surface area contributed by atoms with Crippen LogP contribution >= 0.6 is 11.6 Å². The van der Waals surface area contributed by atoms with Crippen molar-refractivity contribution >= 4 is 11.6 Å². The number of nitrogens with zero attached hydrogens (tertiary/aromatic N) is 2. The van der Waals surface area contributed by atoms with E-state index >= 15 is 0 Å². The molecule has 20 heavy (non-hydrogen) atoms. The highest BCUT2D eigenvalue weighted by Crippen LogP contribution is 2.29. The standard InChI is InChI=1S/C16H19ClN2O/c1-5-20-13-8-6-7-12(9-13)14-11(4)15(17)19-16(18-14)10(2)3/h6-10H,5H2,1-4H3. The van der Waals surface area contributed by atoms with E-state index in [2.05, 4.69) is 23.8 Å². The van der Waals surface area contributed by atoms with Crippen LogP contribution in [-0.2, 0) is 0 Å². The summed E-state index contributed by atoms with van der Waals surface area (Å²) >= 11 is 6.23. The van der Waals surface area contributed by atoms with Crippen molar-refractivity contribution in [3.8, 4) is 17.0 Å². The molecule has 0 unspecified atom stereocenters. The summed E-state index contributed by atoms with van der Waals surface area (Å²) in [7, 11) is 0. The third-order valence-corrected chi connectivity index (χ3v) is 3.41. The summed E-state index contributed by atoms with van der Waals surface area (Å²) in [5.74, 6) is 1.84. The van der Waals surface area contributed by atoms with Gasteiger partial charge >= 0.3 is 0 Å². The van der Waals surface area contributed by atoms with Gasteiger partial charge in [0.25, 0.3) is 0 Å². The molecule has 2 rings (SSSR count). The first kappa shape index (κ1) is 14.8. The lowest BCUT2D eigenvalue weighted by molar-refractivity contribution is 0.340. The smallest absolute Gasteiger partial charge is 0.136 e. The van der Waals surface area contributed by atoms with Gasteiger partial charge in [0.15, 0.2) is 0 Å². The topological polar surface area (TPSA) is 35.0 Å². The highest BCUT2D eigenvalue weighted by atomic mass is 35.5. The van der Waals surface area contributed by atoms with E-state index in [-0.39, 0.29) is 5.92 Å². The molecule has 106 valence electrons. The van der Waals surface area contributed by atoms with E-state index in [0.29, 0.717) is 11.8 Å².